The van der Waals surface area contributed by atoms with E-state index in [1.807, 2.05) is 24.3 Å². The lowest BCUT2D eigenvalue weighted by Gasteiger charge is -2.36. The van der Waals surface area contributed by atoms with E-state index < -0.39 is 0 Å². The average Bonchev–Trinajstić information content (AvgIpc) is 2.62. The molecule has 1 aliphatic rings. The van der Waals surface area contributed by atoms with Crippen LogP contribution >= 0.6 is 0 Å². The molecule has 3 rings (SSSR count). The predicted molar refractivity (Wildman–Crippen MR) is 95.4 cm³/mol. The maximum atomic E-state index is 11.1. The molecule has 1 aliphatic heterocycles. The Morgan fingerprint density at radius 2 is 1.79 bits per heavy atom. The van der Waals surface area contributed by atoms with Gasteiger partial charge < -0.3 is 15.4 Å². The largest absolute Gasteiger partial charge is 0.497 e. The molecule has 24 heavy (non-hydrogen) atoms. The molecule has 0 radical (unpaired) electrons. The van der Waals surface area contributed by atoms with E-state index in [1.165, 1.54) is 5.56 Å². The van der Waals surface area contributed by atoms with Crippen LogP contribution < -0.4 is 15.4 Å². The summed E-state index contributed by atoms with van der Waals surface area (Å²) in [6.07, 6.45) is 0. The van der Waals surface area contributed by atoms with Gasteiger partial charge in [0.05, 0.1) is 7.11 Å². The number of nitrogens with two attached hydrogens (primary N) is 1. The lowest BCUT2D eigenvalue weighted by Crippen LogP contribution is -2.45. The minimum atomic E-state index is -0.385. The van der Waals surface area contributed by atoms with Crippen molar-refractivity contribution in [2.75, 3.05) is 38.2 Å². The van der Waals surface area contributed by atoms with E-state index in [0.29, 0.717) is 5.56 Å². The highest BCUT2D eigenvalue weighted by Gasteiger charge is 2.17. The van der Waals surface area contributed by atoms with Crippen molar-refractivity contribution in [1.82, 2.24) is 4.90 Å². The Morgan fingerprint density at radius 1 is 1.08 bits per heavy atom. The van der Waals surface area contributed by atoms with E-state index in [-0.39, 0.29) is 5.91 Å². The van der Waals surface area contributed by atoms with Gasteiger partial charge in [-0.1, -0.05) is 12.1 Å². The molecule has 5 heteroatoms. The van der Waals surface area contributed by atoms with Gasteiger partial charge in [-0.05, 0) is 42.0 Å². The second kappa shape index (κ2) is 7.36. The second-order valence-electron chi connectivity index (χ2n) is 6.03. The average molecular weight is 325 g/mol. The Balaban J connectivity index is 1.56. The lowest BCUT2D eigenvalue weighted by atomic mass is 10.1. The van der Waals surface area contributed by atoms with E-state index in [2.05, 4.69) is 21.9 Å². The Hall–Kier alpha value is -2.53. The van der Waals surface area contributed by atoms with Crippen molar-refractivity contribution >= 4 is 11.6 Å². The Labute approximate surface area is 142 Å². The molecular formula is C19H23N3O2. The van der Waals surface area contributed by atoms with Gasteiger partial charge in [-0.2, -0.15) is 0 Å². The maximum absolute atomic E-state index is 11.1. The van der Waals surface area contributed by atoms with E-state index in [1.54, 1.807) is 19.2 Å². The summed E-state index contributed by atoms with van der Waals surface area (Å²) in [5, 5.41) is 0. The number of anilines is 1. The van der Waals surface area contributed by atoms with Crippen molar-refractivity contribution in [3.63, 3.8) is 0 Å². The van der Waals surface area contributed by atoms with Gasteiger partial charge in [-0.15, -0.1) is 0 Å². The highest BCUT2D eigenvalue weighted by molar-refractivity contribution is 5.93. The number of nitrogens with zero attached hydrogens (tertiary/aromatic N) is 2. The summed E-state index contributed by atoms with van der Waals surface area (Å²) in [4.78, 5) is 15.9. The monoisotopic (exact) mass is 325 g/mol. The number of amides is 1. The topological polar surface area (TPSA) is 58.8 Å². The molecule has 0 saturated carbocycles. The number of hydrogen-bond donors (Lipinski definition) is 1. The molecule has 2 aromatic rings. The van der Waals surface area contributed by atoms with E-state index >= 15 is 0 Å². The fourth-order valence-corrected chi connectivity index (χ4v) is 3.03. The zero-order chi connectivity index (χ0) is 16.9. The number of primary amides is 1. The Bertz CT molecular complexity index is 692. The first kappa shape index (κ1) is 16.3. The summed E-state index contributed by atoms with van der Waals surface area (Å²) in [5.74, 6) is 0.519. The van der Waals surface area contributed by atoms with Gasteiger partial charge in [0, 0.05) is 44.0 Å². The maximum Gasteiger partial charge on any atom is 0.248 e. The molecule has 0 atom stereocenters. The molecule has 5 nitrogen and oxygen atoms in total. The van der Waals surface area contributed by atoms with Crippen LogP contribution in [0.4, 0.5) is 5.69 Å². The van der Waals surface area contributed by atoms with Crippen LogP contribution in [-0.4, -0.2) is 44.1 Å². The third kappa shape index (κ3) is 3.86. The number of carbonyl (C=O) groups is 1. The molecule has 0 aliphatic carbocycles. The normalized spacial score (nSPS) is 15.3. The van der Waals surface area contributed by atoms with E-state index in [4.69, 9.17) is 10.5 Å². The quantitative estimate of drug-likeness (QED) is 0.915. The van der Waals surface area contributed by atoms with Crippen LogP contribution in [0.1, 0.15) is 15.9 Å². The van der Waals surface area contributed by atoms with E-state index in [9.17, 15) is 4.79 Å². The highest BCUT2D eigenvalue weighted by atomic mass is 16.5. The zero-order valence-corrected chi connectivity index (χ0v) is 13.9. The van der Waals surface area contributed by atoms with Gasteiger partial charge in [0.2, 0.25) is 5.91 Å². The van der Waals surface area contributed by atoms with Crippen molar-refractivity contribution in [2.45, 2.75) is 6.54 Å². The molecule has 1 saturated heterocycles. The molecule has 2 N–H and O–H groups in total. The number of rotatable bonds is 5. The third-order valence-electron chi connectivity index (χ3n) is 4.43. The fourth-order valence-electron chi connectivity index (χ4n) is 3.03. The van der Waals surface area contributed by atoms with Crippen molar-refractivity contribution < 1.29 is 9.53 Å². The minimum Gasteiger partial charge on any atom is -0.497 e. The standard InChI is InChI=1S/C19H23N3O2/c1-24-18-4-2-3-15(13-18)14-21-9-11-22(12-10-21)17-7-5-16(6-8-17)19(20)23/h2-8,13H,9-12,14H2,1H3,(H2,20,23). The number of carbonyl (C=O) groups excluding carboxylic acids is 1. The summed E-state index contributed by atoms with van der Waals surface area (Å²) in [5.41, 5.74) is 8.25. The lowest BCUT2D eigenvalue weighted by molar-refractivity contribution is 0.100. The molecule has 2 aromatic carbocycles. The van der Waals surface area contributed by atoms with Crippen LogP contribution in [-0.2, 0) is 6.54 Å². The zero-order valence-electron chi connectivity index (χ0n) is 13.9. The second-order valence-corrected chi connectivity index (χ2v) is 6.03. The molecule has 0 aromatic heterocycles. The number of methoxy groups -OCH3 is 1. The van der Waals surface area contributed by atoms with Crippen LogP contribution in [0.3, 0.4) is 0 Å². The van der Waals surface area contributed by atoms with Crippen LogP contribution in [0.5, 0.6) is 5.75 Å². The van der Waals surface area contributed by atoms with Crippen LogP contribution in [0, 0.1) is 0 Å². The smallest absolute Gasteiger partial charge is 0.248 e. The summed E-state index contributed by atoms with van der Waals surface area (Å²) < 4.78 is 5.29. The fraction of sp³-hybridized carbons (Fsp3) is 0.316. The highest BCUT2D eigenvalue weighted by Crippen LogP contribution is 2.19. The van der Waals surface area contributed by atoms with Gasteiger partial charge in [0.15, 0.2) is 0 Å². The number of ether oxygens (including phenoxy) is 1. The van der Waals surface area contributed by atoms with Crippen molar-refractivity contribution in [1.29, 1.82) is 0 Å². The predicted octanol–water partition coefficient (Wildman–Crippen LogP) is 2.12. The molecule has 1 fully saturated rings. The van der Waals surface area contributed by atoms with Gasteiger partial charge in [-0.3, -0.25) is 9.69 Å². The van der Waals surface area contributed by atoms with Gasteiger partial charge in [0.25, 0.3) is 0 Å². The first-order valence-electron chi connectivity index (χ1n) is 8.16. The summed E-state index contributed by atoms with van der Waals surface area (Å²) in [6.45, 7) is 4.90. The van der Waals surface area contributed by atoms with Gasteiger partial charge >= 0.3 is 0 Å². The molecule has 1 amide bonds. The first-order valence-corrected chi connectivity index (χ1v) is 8.16. The molecule has 0 bridgehead atoms. The van der Waals surface area contributed by atoms with Gasteiger partial charge in [-0.25, -0.2) is 0 Å². The molecule has 1 heterocycles. The summed E-state index contributed by atoms with van der Waals surface area (Å²) >= 11 is 0. The van der Waals surface area contributed by atoms with Crippen molar-refractivity contribution in [2.24, 2.45) is 5.73 Å². The molecule has 126 valence electrons. The third-order valence-corrected chi connectivity index (χ3v) is 4.43. The van der Waals surface area contributed by atoms with Crippen LogP contribution in [0.25, 0.3) is 0 Å². The van der Waals surface area contributed by atoms with Crippen LogP contribution in [0.15, 0.2) is 48.5 Å². The first-order chi connectivity index (χ1) is 11.7. The van der Waals surface area contributed by atoms with Crippen molar-refractivity contribution in [3.05, 3.63) is 59.7 Å². The van der Waals surface area contributed by atoms with Crippen LogP contribution in [0.2, 0.25) is 0 Å². The molecular weight excluding hydrogens is 302 g/mol. The van der Waals surface area contributed by atoms with Crippen molar-refractivity contribution in [3.8, 4) is 5.75 Å². The van der Waals surface area contributed by atoms with Gasteiger partial charge in [0.1, 0.15) is 5.75 Å². The number of benzene rings is 2. The molecule has 0 spiro atoms. The minimum absolute atomic E-state index is 0.385. The number of piperazine rings is 1. The molecule has 0 unspecified atom stereocenters. The summed E-state index contributed by atoms with van der Waals surface area (Å²) in [6, 6.07) is 15.8. The number of hydrogen-bond acceptors (Lipinski definition) is 4. The Kier molecular flexibility index (Phi) is 5.01. The van der Waals surface area contributed by atoms with E-state index in [0.717, 1.165) is 44.2 Å². The summed E-state index contributed by atoms with van der Waals surface area (Å²) in [7, 11) is 1.70. The Morgan fingerprint density at radius 3 is 2.42 bits per heavy atom. The SMILES string of the molecule is COc1cccc(CN2CCN(c3ccc(C(N)=O)cc3)CC2)c1.